The summed E-state index contributed by atoms with van der Waals surface area (Å²) in [6.45, 7) is 0.122. The second-order valence-electron chi connectivity index (χ2n) is 8.11. The van der Waals surface area contributed by atoms with Crippen molar-refractivity contribution in [2.45, 2.75) is 42.7 Å². The number of rotatable bonds is 8. The van der Waals surface area contributed by atoms with Crippen LogP contribution in [0.25, 0.3) is 11.2 Å². The zero-order chi connectivity index (χ0) is 24.5. The van der Waals surface area contributed by atoms with Gasteiger partial charge in [-0.25, -0.2) is 9.67 Å². The Morgan fingerprint density at radius 2 is 1.97 bits per heavy atom. The molecule has 0 spiro atoms. The molecule has 5 rings (SSSR count). The molecule has 0 saturated carbocycles. The monoisotopic (exact) mass is 500 g/mol. The fourth-order valence-electron chi connectivity index (χ4n) is 3.95. The Morgan fingerprint density at radius 3 is 2.71 bits per heavy atom. The Kier molecular flexibility index (Phi) is 6.53. The molecule has 4 atom stereocenters. The summed E-state index contributed by atoms with van der Waals surface area (Å²) in [4.78, 5) is 23.4. The van der Waals surface area contributed by atoms with Gasteiger partial charge in [0, 0.05) is 18.4 Å². The highest BCUT2D eigenvalue weighted by molar-refractivity contribution is 7.99. The number of nitrogen functional groups attached to an aromatic ring is 1. The van der Waals surface area contributed by atoms with Gasteiger partial charge in [0.25, 0.3) is 5.56 Å². The predicted molar refractivity (Wildman–Crippen MR) is 126 cm³/mol. The summed E-state index contributed by atoms with van der Waals surface area (Å²) in [5.41, 5.74) is 7.21. The van der Waals surface area contributed by atoms with Gasteiger partial charge in [-0.2, -0.15) is 4.98 Å². The maximum Gasteiger partial charge on any atom is 0.280 e. The van der Waals surface area contributed by atoms with Crippen LogP contribution in [-0.4, -0.2) is 80.5 Å². The van der Waals surface area contributed by atoms with Gasteiger partial charge >= 0.3 is 0 Å². The molecule has 0 radical (unpaired) electrons. The van der Waals surface area contributed by atoms with Crippen molar-refractivity contribution in [3.05, 3.63) is 58.1 Å². The van der Waals surface area contributed by atoms with E-state index in [0.717, 1.165) is 11.3 Å². The van der Waals surface area contributed by atoms with E-state index in [1.807, 2.05) is 36.5 Å². The third kappa shape index (κ3) is 4.66. The third-order valence-corrected chi connectivity index (χ3v) is 6.63. The lowest BCUT2D eigenvalue weighted by Gasteiger charge is -2.19. The number of aryl methyl sites for hydroxylation is 1. The van der Waals surface area contributed by atoms with Gasteiger partial charge in [0.05, 0.1) is 18.8 Å². The normalized spacial score (nSPS) is 22.3. The molecular formula is C21H24N8O5S. The van der Waals surface area contributed by atoms with Gasteiger partial charge in [-0.3, -0.25) is 14.3 Å². The van der Waals surface area contributed by atoms with Crippen LogP contribution in [0, 0.1) is 0 Å². The standard InChI is InChI=1S/C21H24N8O5S/c22-20-24-17-14(18(33)25-20)23-21(29(17)19-16(32)15(31)13(10-30)34-19)35-7-6-12-9-28(27-26-12)8-11-4-2-1-3-5-11/h1-5,9,13,15-16,19,30-32H,6-8,10H2,(H3,22,24,25,33)/t13-,15-,16-,19-/m1/s1. The molecule has 6 N–H and O–H groups in total. The molecule has 0 amide bonds. The maximum absolute atomic E-state index is 12.4. The summed E-state index contributed by atoms with van der Waals surface area (Å²) >= 11 is 1.30. The lowest BCUT2D eigenvalue weighted by atomic mass is 10.1. The number of ether oxygens (including phenoxy) is 1. The number of hydrogen-bond acceptors (Lipinski definition) is 11. The average molecular weight is 501 g/mol. The van der Waals surface area contributed by atoms with E-state index < -0.39 is 36.7 Å². The summed E-state index contributed by atoms with van der Waals surface area (Å²) in [5, 5.41) is 39.0. The van der Waals surface area contributed by atoms with E-state index in [1.165, 1.54) is 16.3 Å². The van der Waals surface area contributed by atoms with Gasteiger partial charge in [-0.15, -0.1) is 5.10 Å². The van der Waals surface area contributed by atoms with E-state index in [4.69, 9.17) is 10.5 Å². The van der Waals surface area contributed by atoms with E-state index in [0.29, 0.717) is 23.9 Å². The summed E-state index contributed by atoms with van der Waals surface area (Å²) in [6.07, 6.45) is -2.37. The van der Waals surface area contributed by atoms with E-state index in [9.17, 15) is 20.1 Å². The molecule has 14 heteroatoms. The summed E-state index contributed by atoms with van der Waals surface area (Å²) < 4.78 is 8.87. The number of benzene rings is 1. The van der Waals surface area contributed by atoms with Crippen molar-refractivity contribution in [3.63, 3.8) is 0 Å². The van der Waals surface area contributed by atoms with E-state index in [1.54, 1.807) is 4.68 Å². The molecular weight excluding hydrogens is 476 g/mol. The van der Waals surface area contributed by atoms with E-state index in [-0.39, 0.29) is 17.1 Å². The number of nitrogens with one attached hydrogen (secondary N) is 1. The molecule has 1 aliphatic rings. The molecule has 0 aliphatic carbocycles. The molecule has 1 aromatic carbocycles. The van der Waals surface area contributed by atoms with E-state index in [2.05, 4.69) is 25.3 Å². The molecule has 3 aromatic heterocycles. The number of thioether (sulfide) groups is 1. The lowest BCUT2D eigenvalue weighted by molar-refractivity contribution is -0.0548. The Bertz CT molecular complexity index is 1370. The third-order valence-electron chi connectivity index (χ3n) is 5.67. The van der Waals surface area contributed by atoms with Gasteiger partial charge in [0.15, 0.2) is 22.5 Å². The van der Waals surface area contributed by atoms with Crippen molar-refractivity contribution >= 4 is 28.9 Å². The van der Waals surface area contributed by atoms with Gasteiger partial charge in [0.2, 0.25) is 5.95 Å². The number of anilines is 1. The van der Waals surface area contributed by atoms with Crippen molar-refractivity contribution in [3.8, 4) is 0 Å². The van der Waals surface area contributed by atoms with Crippen LogP contribution in [0.4, 0.5) is 5.95 Å². The molecule has 1 fully saturated rings. The minimum absolute atomic E-state index is 0.0215. The molecule has 13 nitrogen and oxygen atoms in total. The van der Waals surface area contributed by atoms with Crippen molar-refractivity contribution in [1.82, 2.24) is 34.5 Å². The molecule has 35 heavy (non-hydrogen) atoms. The summed E-state index contributed by atoms with van der Waals surface area (Å²) in [5.74, 6) is 0.400. The van der Waals surface area contributed by atoms with Crippen molar-refractivity contribution < 1.29 is 20.1 Å². The highest BCUT2D eigenvalue weighted by Crippen LogP contribution is 2.35. The van der Waals surface area contributed by atoms with Crippen LogP contribution < -0.4 is 11.3 Å². The van der Waals surface area contributed by atoms with Crippen LogP contribution in [0.15, 0.2) is 46.5 Å². The first-order valence-electron chi connectivity index (χ1n) is 10.9. The fourth-order valence-corrected chi connectivity index (χ4v) is 4.93. The number of fused-ring (bicyclic) bond motifs is 1. The maximum atomic E-state index is 12.4. The first-order chi connectivity index (χ1) is 16.9. The van der Waals surface area contributed by atoms with Gasteiger partial charge in [-0.05, 0) is 5.56 Å². The Balaban J connectivity index is 1.36. The number of nitrogens with two attached hydrogens (primary N) is 1. The highest BCUT2D eigenvalue weighted by atomic mass is 32.2. The predicted octanol–water partition coefficient (Wildman–Crippen LogP) is -0.712. The van der Waals surface area contributed by atoms with Crippen LogP contribution in [-0.2, 0) is 17.7 Å². The van der Waals surface area contributed by atoms with Crippen LogP contribution in [0.1, 0.15) is 17.5 Å². The molecule has 4 aromatic rings. The quantitative estimate of drug-likeness (QED) is 0.192. The van der Waals surface area contributed by atoms with Crippen LogP contribution in [0.2, 0.25) is 0 Å². The zero-order valence-electron chi connectivity index (χ0n) is 18.4. The largest absolute Gasteiger partial charge is 0.394 e. The molecule has 0 bridgehead atoms. The number of imidazole rings is 1. The first-order valence-corrected chi connectivity index (χ1v) is 11.9. The Morgan fingerprint density at radius 1 is 1.17 bits per heavy atom. The Labute approximate surface area is 202 Å². The minimum Gasteiger partial charge on any atom is -0.394 e. The average Bonchev–Trinajstić information content (AvgIpc) is 3.51. The number of hydrogen-bond donors (Lipinski definition) is 5. The summed E-state index contributed by atoms with van der Waals surface area (Å²) in [7, 11) is 0. The van der Waals surface area contributed by atoms with Crippen molar-refractivity contribution in [2.24, 2.45) is 0 Å². The molecule has 184 valence electrons. The second-order valence-corrected chi connectivity index (χ2v) is 9.17. The van der Waals surface area contributed by atoms with Crippen LogP contribution >= 0.6 is 11.8 Å². The number of aromatic nitrogens is 7. The first kappa shape index (κ1) is 23.4. The molecule has 0 unspecified atom stereocenters. The zero-order valence-corrected chi connectivity index (χ0v) is 19.2. The number of aromatic amines is 1. The Hall–Kier alpha value is -3.30. The summed E-state index contributed by atoms with van der Waals surface area (Å²) in [6, 6.07) is 9.93. The van der Waals surface area contributed by atoms with Crippen LogP contribution in [0.5, 0.6) is 0 Å². The second kappa shape index (κ2) is 9.75. The number of H-pyrrole nitrogens is 1. The highest BCUT2D eigenvalue weighted by Gasteiger charge is 2.45. The van der Waals surface area contributed by atoms with Crippen molar-refractivity contribution in [2.75, 3.05) is 18.1 Å². The fraction of sp³-hybridized carbons (Fsp3) is 0.381. The topological polar surface area (TPSA) is 190 Å². The molecule has 4 heterocycles. The number of nitrogens with zero attached hydrogens (tertiary/aromatic N) is 6. The van der Waals surface area contributed by atoms with Gasteiger partial charge in [-0.1, -0.05) is 47.3 Å². The van der Waals surface area contributed by atoms with Crippen LogP contribution in [0.3, 0.4) is 0 Å². The number of aliphatic hydroxyl groups is 3. The lowest BCUT2D eigenvalue weighted by Crippen LogP contribution is -2.33. The molecule has 1 saturated heterocycles. The van der Waals surface area contributed by atoms with Crippen molar-refractivity contribution in [1.29, 1.82) is 0 Å². The van der Waals surface area contributed by atoms with E-state index >= 15 is 0 Å². The minimum atomic E-state index is -1.37. The number of aliphatic hydroxyl groups excluding tert-OH is 3. The SMILES string of the molecule is Nc1nc2c(nc(SCCc3cn(Cc4ccccc4)nn3)n2[C@@H]2O[C@H](CO)[C@@H](O)[C@H]2O)c(=O)[nH]1. The molecule has 1 aliphatic heterocycles. The van der Waals surface area contributed by atoms with Gasteiger partial charge in [0.1, 0.15) is 18.3 Å². The van der Waals surface area contributed by atoms with Gasteiger partial charge < -0.3 is 25.8 Å². The smallest absolute Gasteiger partial charge is 0.280 e.